The van der Waals surface area contributed by atoms with Gasteiger partial charge in [-0.15, -0.1) is 0 Å². The van der Waals surface area contributed by atoms with E-state index in [0.717, 1.165) is 25.0 Å². The molecule has 114 valence electrons. The average molecular weight is 282 g/mol. The maximum Gasteiger partial charge on any atom is 0.323 e. The van der Waals surface area contributed by atoms with Gasteiger partial charge in [0, 0.05) is 12.2 Å². The van der Waals surface area contributed by atoms with E-state index in [1.165, 1.54) is 7.11 Å². The van der Waals surface area contributed by atoms with Gasteiger partial charge in [0.05, 0.1) is 13.7 Å². The van der Waals surface area contributed by atoms with Crippen molar-refractivity contribution in [1.29, 1.82) is 0 Å². The van der Waals surface area contributed by atoms with Crippen molar-refractivity contribution in [3.05, 3.63) is 11.8 Å². The zero-order valence-corrected chi connectivity index (χ0v) is 12.9. The molecule has 0 heterocycles. The Hall–Kier alpha value is -1.36. The summed E-state index contributed by atoms with van der Waals surface area (Å²) in [5.41, 5.74) is 1.11. The van der Waals surface area contributed by atoms with Crippen LogP contribution in [0.3, 0.4) is 0 Å². The molecule has 0 aromatic rings. The summed E-state index contributed by atoms with van der Waals surface area (Å²) >= 11 is 0. The molecular formula is C15H26N2O3. The van der Waals surface area contributed by atoms with Gasteiger partial charge in [-0.1, -0.05) is 19.9 Å². The fraction of sp³-hybridized carbons (Fsp3) is 0.733. The molecule has 1 atom stereocenters. The van der Waals surface area contributed by atoms with Crippen molar-refractivity contribution >= 4 is 11.9 Å². The third-order valence-corrected chi connectivity index (χ3v) is 3.58. The van der Waals surface area contributed by atoms with Gasteiger partial charge in [0.25, 0.3) is 0 Å². The summed E-state index contributed by atoms with van der Waals surface area (Å²) in [6, 6.07) is -0.444. The second kappa shape index (κ2) is 8.04. The van der Waals surface area contributed by atoms with E-state index in [1.807, 2.05) is 20.8 Å². The summed E-state index contributed by atoms with van der Waals surface area (Å²) in [6.45, 7) is 6.64. The number of allylic oxidation sites excluding steroid dienone is 2. The van der Waals surface area contributed by atoms with Crippen molar-refractivity contribution in [2.24, 2.45) is 5.92 Å². The number of carbonyl (C=O) groups is 2. The molecule has 0 aliphatic heterocycles. The third-order valence-electron chi connectivity index (χ3n) is 3.58. The van der Waals surface area contributed by atoms with E-state index in [0.29, 0.717) is 6.54 Å². The highest BCUT2D eigenvalue weighted by Crippen LogP contribution is 2.21. The lowest BCUT2D eigenvalue weighted by Gasteiger charge is -2.25. The standard InChI is InChI=1S/C15H26N2O3/c1-5-17(12-8-6-7-9-12)13(18)10-16-14(11(2)3)15(19)20-4/h8,11,14,16H,5-7,9-10H2,1-4H3. The molecule has 5 heteroatoms. The zero-order chi connectivity index (χ0) is 15.1. The summed E-state index contributed by atoms with van der Waals surface area (Å²) < 4.78 is 4.75. The van der Waals surface area contributed by atoms with Crippen LogP contribution in [-0.4, -0.2) is 43.0 Å². The normalized spacial score (nSPS) is 15.9. The number of nitrogens with zero attached hydrogens (tertiary/aromatic N) is 1. The van der Waals surface area contributed by atoms with Crippen molar-refractivity contribution in [3.8, 4) is 0 Å². The largest absolute Gasteiger partial charge is 0.468 e. The topological polar surface area (TPSA) is 58.6 Å². The van der Waals surface area contributed by atoms with Crippen LogP contribution >= 0.6 is 0 Å². The molecule has 1 unspecified atom stereocenters. The Bertz CT molecular complexity index is 377. The van der Waals surface area contributed by atoms with Crippen LogP contribution in [0.2, 0.25) is 0 Å². The van der Waals surface area contributed by atoms with Gasteiger partial charge in [-0.2, -0.15) is 0 Å². The van der Waals surface area contributed by atoms with Crippen LogP contribution in [0.15, 0.2) is 11.8 Å². The number of hydrogen-bond acceptors (Lipinski definition) is 4. The van der Waals surface area contributed by atoms with Crippen molar-refractivity contribution in [2.45, 2.75) is 46.1 Å². The number of nitrogens with one attached hydrogen (secondary N) is 1. The molecule has 1 aliphatic carbocycles. The number of methoxy groups -OCH3 is 1. The number of hydrogen-bond donors (Lipinski definition) is 1. The SMILES string of the molecule is CCN(C(=O)CNC(C(=O)OC)C(C)C)C1=CCCC1. The highest BCUT2D eigenvalue weighted by molar-refractivity contribution is 5.82. The molecule has 0 fully saturated rings. The van der Waals surface area contributed by atoms with E-state index < -0.39 is 6.04 Å². The van der Waals surface area contributed by atoms with Crippen LogP contribution < -0.4 is 5.32 Å². The van der Waals surface area contributed by atoms with Crippen LogP contribution in [0.4, 0.5) is 0 Å². The first-order chi connectivity index (χ1) is 9.51. The molecule has 0 aromatic heterocycles. The summed E-state index contributed by atoms with van der Waals surface area (Å²) in [7, 11) is 1.36. The molecule has 0 aromatic carbocycles. The summed E-state index contributed by atoms with van der Waals surface area (Å²) in [6.07, 6.45) is 5.25. The molecule has 1 amide bonds. The molecule has 0 spiro atoms. The summed E-state index contributed by atoms with van der Waals surface area (Å²) in [5, 5.41) is 3.01. The van der Waals surface area contributed by atoms with Gasteiger partial charge in [-0.05, 0) is 32.1 Å². The third kappa shape index (κ3) is 4.34. The number of carbonyl (C=O) groups excluding carboxylic acids is 2. The van der Waals surface area contributed by atoms with Crippen molar-refractivity contribution in [1.82, 2.24) is 10.2 Å². The highest BCUT2D eigenvalue weighted by Gasteiger charge is 2.25. The molecule has 0 saturated heterocycles. The van der Waals surface area contributed by atoms with Gasteiger partial charge in [0.15, 0.2) is 0 Å². The Morgan fingerprint density at radius 1 is 1.45 bits per heavy atom. The van der Waals surface area contributed by atoms with Gasteiger partial charge < -0.3 is 9.64 Å². The molecule has 5 nitrogen and oxygen atoms in total. The second-order valence-electron chi connectivity index (χ2n) is 5.35. The highest BCUT2D eigenvalue weighted by atomic mass is 16.5. The molecule has 0 bridgehead atoms. The minimum atomic E-state index is -0.444. The van der Waals surface area contributed by atoms with Gasteiger partial charge in [0.1, 0.15) is 6.04 Å². The maximum atomic E-state index is 12.3. The molecule has 1 N–H and O–H groups in total. The first-order valence-electron chi connectivity index (χ1n) is 7.31. The Morgan fingerprint density at radius 2 is 2.15 bits per heavy atom. The van der Waals surface area contributed by atoms with Gasteiger partial charge >= 0.3 is 5.97 Å². The van der Waals surface area contributed by atoms with Crippen LogP contribution in [0.1, 0.15) is 40.0 Å². The fourth-order valence-corrected chi connectivity index (χ4v) is 2.45. The molecular weight excluding hydrogens is 256 g/mol. The molecule has 1 rings (SSSR count). The monoisotopic (exact) mass is 282 g/mol. The van der Waals surface area contributed by atoms with Crippen LogP contribution in [0.5, 0.6) is 0 Å². The molecule has 0 radical (unpaired) electrons. The van der Waals surface area contributed by atoms with Crippen molar-refractivity contribution in [3.63, 3.8) is 0 Å². The smallest absolute Gasteiger partial charge is 0.323 e. The summed E-state index contributed by atoms with van der Waals surface area (Å²) in [5.74, 6) is -0.234. The minimum Gasteiger partial charge on any atom is -0.468 e. The number of likely N-dealkylation sites (N-methyl/N-ethyl adjacent to an activating group) is 1. The van der Waals surface area contributed by atoms with Crippen molar-refractivity contribution in [2.75, 3.05) is 20.2 Å². The first-order valence-corrected chi connectivity index (χ1v) is 7.31. The molecule has 1 aliphatic rings. The predicted octanol–water partition coefficient (Wildman–Crippen LogP) is 1.69. The zero-order valence-electron chi connectivity index (χ0n) is 12.9. The fourth-order valence-electron chi connectivity index (χ4n) is 2.45. The van der Waals surface area contributed by atoms with Gasteiger partial charge in [-0.25, -0.2) is 0 Å². The number of amides is 1. The van der Waals surface area contributed by atoms with Crippen LogP contribution in [0, 0.1) is 5.92 Å². The first kappa shape index (κ1) is 16.7. The maximum absolute atomic E-state index is 12.3. The van der Waals surface area contributed by atoms with E-state index in [9.17, 15) is 9.59 Å². The Labute approximate surface area is 121 Å². The van der Waals surface area contributed by atoms with Gasteiger partial charge in [0.2, 0.25) is 5.91 Å². The Morgan fingerprint density at radius 3 is 2.60 bits per heavy atom. The minimum absolute atomic E-state index is 0.00945. The lowest BCUT2D eigenvalue weighted by Crippen LogP contribution is -2.47. The Balaban J connectivity index is 2.57. The lowest BCUT2D eigenvalue weighted by atomic mass is 10.0. The van der Waals surface area contributed by atoms with E-state index in [4.69, 9.17) is 4.74 Å². The quantitative estimate of drug-likeness (QED) is 0.722. The van der Waals surface area contributed by atoms with Gasteiger partial charge in [-0.3, -0.25) is 14.9 Å². The van der Waals surface area contributed by atoms with Crippen molar-refractivity contribution < 1.29 is 14.3 Å². The number of esters is 1. The van der Waals surface area contributed by atoms with E-state index >= 15 is 0 Å². The number of ether oxygens (including phenoxy) is 1. The Kier molecular flexibility index (Phi) is 6.71. The van der Waals surface area contributed by atoms with Crippen LogP contribution in [-0.2, 0) is 14.3 Å². The lowest BCUT2D eigenvalue weighted by molar-refractivity contribution is -0.144. The molecule has 0 saturated carbocycles. The predicted molar refractivity (Wildman–Crippen MR) is 78.0 cm³/mol. The van der Waals surface area contributed by atoms with E-state index in [2.05, 4.69) is 11.4 Å². The summed E-state index contributed by atoms with van der Waals surface area (Å²) in [4.78, 5) is 25.7. The van der Waals surface area contributed by atoms with E-state index in [-0.39, 0.29) is 24.3 Å². The van der Waals surface area contributed by atoms with E-state index in [1.54, 1.807) is 4.90 Å². The molecule has 20 heavy (non-hydrogen) atoms. The van der Waals surface area contributed by atoms with Crippen LogP contribution in [0.25, 0.3) is 0 Å². The second-order valence-corrected chi connectivity index (χ2v) is 5.35. The number of rotatable bonds is 7. The average Bonchev–Trinajstić information content (AvgIpc) is 2.93.